The molecule has 0 aliphatic heterocycles. The van der Waals surface area contributed by atoms with Gasteiger partial charge in [-0.1, -0.05) is 6.42 Å². The van der Waals surface area contributed by atoms with Crippen LogP contribution in [0.25, 0.3) is 0 Å². The molecule has 0 saturated heterocycles. The van der Waals surface area contributed by atoms with Gasteiger partial charge in [0, 0.05) is 11.8 Å². The molecule has 3 aliphatic carbocycles. The number of thiocarbonyl (C=S) groups is 1. The lowest BCUT2D eigenvalue weighted by atomic mass is 9.96. The Morgan fingerprint density at radius 3 is 2.65 bits per heavy atom. The third kappa shape index (κ3) is 2.62. The number of hydrazone groups is 1. The van der Waals surface area contributed by atoms with Crippen molar-refractivity contribution in [3.63, 3.8) is 0 Å². The first-order valence-electron chi connectivity index (χ1n) is 6.93. The zero-order chi connectivity index (χ0) is 11.7. The van der Waals surface area contributed by atoms with E-state index in [4.69, 9.17) is 12.2 Å². The highest BCUT2D eigenvalue weighted by Gasteiger charge is 2.39. The normalized spacial score (nSPS) is 35.1. The number of hydrogen-bond acceptors (Lipinski definition) is 2. The Balaban J connectivity index is 1.45. The van der Waals surface area contributed by atoms with Crippen molar-refractivity contribution in [3.05, 3.63) is 0 Å². The lowest BCUT2D eigenvalue weighted by molar-refractivity contribution is 0.389. The molecule has 0 aromatic heterocycles. The molecule has 3 aliphatic rings. The Labute approximate surface area is 108 Å². The van der Waals surface area contributed by atoms with Crippen LogP contribution in [0.1, 0.15) is 51.4 Å². The van der Waals surface area contributed by atoms with Crippen molar-refractivity contribution in [2.75, 3.05) is 0 Å². The molecule has 0 radical (unpaired) electrons. The van der Waals surface area contributed by atoms with Crippen LogP contribution in [0.5, 0.6) is 0 Å². The van der Waals surface area contributed by atoms with E-state index in [-0.39, 0.29) is 0 Å². The van der Waals surface area contributed by atoms with Crippen LogP contribution in [0.3, 0.4) is 0 Å². The van der Waals surface area contributed by atoms with Gasteiger partial charge in [-0.05, 0) is 69.0 Å². The maximum Gasteiger partial charge on any atom is 0.187 e. The van der Waals surface area contributed by atoms with Crippen LogP contribution < -0.4 is 10.7 Å². The zero-order valence-electron chi connectivity index (χ0n) is 10.2. The third-order valence-corrected chi connectivity index (χ3v) is 4.76. The SMILES string of the molecule is S=C(NN=C1CCCC1)N[C@@H]1C[C@@H]2CC[C@@H]1C2. The first-order chi connectivity index (χ1) is 8.31. The van der Waals surface area contributed by atoms with E-state index in [2.05, 4.69) is 15.8 Å². The van der Waals surface area contributed by atoms with Crippen molar-refractivity contribution in [1.29, 1.82) is 0 Å². The lowest BCUT2D eigenvalue weighted by Crippen LogP contribution is -2.42. The number of fused-ring (bicyclic) bond motifs is 2. The van der Waals surface area contributed by atoms with E-state index in [1.165, 1.54) is 44.2 Å². The molecule has 0 heterocycles. The van der Waals surface area contributed by atoms with E-state index in [0.717, 1.165) is 29.8 Å². The second-order valence-corrected chi connectivity index (χ2v) is 6.16. The number of hydrogen-bond donors (Lipinski definition) is 2. The minimum atomic E-state index is 0.609. The van der Waals surface area contributed by atoms with Gasteiger partial charge in [0.05, 0.1) is 0 Å². The average Bonchev–Trinajstić information content (AvgIpc) is 3.03. The molecule has 0 spiro atoms. The van der Waals surface area contributed by atoms with Crippen LogP contribution in [-0.2, 0) is 0 Å². The fourth-order valence-electron chi connectivity index (χ4n) is 3.65. The Kier molecular flexibility index (Phi) is 3.32. The summed E-state index contributed by atoms with van der Waals surface area (Å²) in [7, 11) is 0. The van der Waals surface area contributed by atoms with Crippen LogP contribution in [0.4, 0.5) is 0 Å². The summed E-state index contributed by atoms with van der Waals surface area (Å²) in [6.45, 7) is 0. The van der Waals surface area contributed by atoms with Gasteiger partial charge in [0.2, 0.25) is 0 Å². The van der Waals surface area contributed by atoms with Gasteiger partial charge in [-0.15, -0.1) is 0 Å². The molecular weight excluding hydrogens is 230 g/mol. The van der Waals surface area contributed by atoms with Gasteiger partial charge in [-0.25, -0.2) is 0 Å². The summed E-state index contributed by atoms with van der Waals surface area (Å²) >= 11 is 5.31. The predicted octanol–water partition coefficient (Wildman–Crippen LogP) is 2.57. The van der Waals surface area contributed by atoms with Crippen LogP contribution in [0, 0.1) is 11.8 Å². The smallest absolute Gasteiger partial charge is 0.187 e. The van der Waals surface area contributed by atoms with E-state index in [0.29, 0.717) is 6.04 Å². The third-order valence-electron chi connectivity index (χ3n) is 4.55. The molecule has 2 N–H and O–H groups in total. The van der Waals surface area contributed by atoms with Crippen molar-refractivity contribution in [2.24, 2.45) is 16.9 Å². The maximum absolute atomic E-state index is 5.31. The average molecular weight is 251 g/mol. The van der Waals surface area contributed by atoms with Gasteiger partial charge >= 0.3 is 0 Å². The molecule has 0 aromatic rings. The Hall–Kier alpha value is -0.640. The van der Waals surface area contributed by atoms with Gasteiger partial charge in [0.25, 0.3) is 0 Å². The summed E-state index contributed by atoms with van der Waals surface area (Å²) in [6.07, 6.45) is 10.4. The van der Waals surface area contributed by atoms with E-state index < -0.39 is 0 Å². The Morgan fingerprint density at radius 1 is 1.18 bits per heavy atom. The fourth-order valence-corrected chi connectivity index (χ4v) is 3.84. The number of rotatable bonds is 2. The molecule has 17 heavy (non-hydrogen) atoms. The number of nitrogens with one attached hydrogen (secondary N) is 2. The summed E-state index contributed by atoms with van der Waals surface area (Å²) in [6, 6.07) is 0.609. The van der Waals surface area contributed by atoms with Crippen LogP contribution >= 0.6 is 12.2 Å². The molecule has 3 nitrogen and oxygen atoms in total. The van der Waals surface area contributed by atoms with E-state index in [1.54, 1.807) is 0 Å². The molecule has 3 saturated carbocycles. The Bertz CT molecular complexity index is 332. The summed E-state index contributed by atoms with van der Waals surface area (Å²) in [5.41, 5.74) is 4.30. The second kappa shape index (κ2) is 4.92. The summed E-state index contributed by atoms with van der Waals surface area (Å²) < 4.78 is 0. The highest BCUT2D eigenvalue weighted by molar-refractivity contribution is 7.80. The van der Waals surface area contributed by atoms with Gasteiger partial charge in [-0.3, -0.25) is 5.43 Å². The van der Waals surface area contributed by atoms with Gasteiger partial charge in [0.15, 0.2) is 5.11 Å². The fraction of sp³-hybridized carbons (Fsp3) is 0.846. The van der Waals surface area contributed by atoms with Crippen molar-refractivity contribution in [3.8, 4) is 0 Å². The van der Waals surface area contributed by atoms with Crippen LogP contribution in [0.15, 0.2) is 5.10 Å². The highest BCUT2D eigenvalue weighted by Crippen LogP contribution is 2.44. The quantitative estimate of drug-likeness (QED) is 0.585. The van der Waals surface area contributed by atoms with Crippen LogP contribution in [0.2, 0.25) is 0 Å². The van der Waals surface area contributed by atoms with Crippen LogP contribution in [-0.4, -0.2) is 16.9 Å². The molecule has 0 unspecified atom stereocenters. The molecule has 4 heteroatoms. The first-order valence-corrected chi connectivity index (χ1v) is 7.34. The molecule has 3 rings (SSSR count). The van der Waals surface area contributed by atoms with Crippen molar-refractivity contribution in [2.45, 2.75) is 57.4 Å². The second-order valence-electron chi connectivity index (χ2n) is 5.75. The topological polar surface area (TPSA) is 36.4 Å². The summed E-state index contributed by atoms with van der Waals surface area (Å²) in [4.78, 5) is 0. The molecule has 3 fully saturated rings. The monoisotopic (exact) mass is 251 g/mol. The summed E-state index contributed by atoms with van der Waals surface area (Å²) in [5, 5.41) is 8.56. The minimum absolute atomic E-state index is 0.609. The maximum atomic E-state index is 5.31. The van der Waals surface area contributed by atoms with Crippen molar-refractivity contribution >= 4 is 23.0 Å². The van der Waals surface area contributed by atoms with E-state index >= 15 is 0 Å². The lowest BCUT2D eigenvalue weighted by Gasteiger charge is -2.23. The van der Waals surface area contributed by atoms with Crippen molar-refractivity contribution < 1.29 is 0 Å². The number of nitrogens with zero attached hydrogens (tertiary/aromatic N) is 1. The molecule has 94 valence electrons. The molecular formula is C13H21N3S. The zero-order valence-corrected chi connectivity index (χ0v) is 11.1. The first kappa shape index (κ1) is 11.5. The predicted molar refractivity (Wildman–Crippen MR) is 74.0 cm³/mol. The molecule has 0 aromatic carbocycles. The molecule has 3 atom stereocenters. The molecule has 0 amide bonds. The molecule has 2 bridgehead atoms. The van der Waals surface area contributed by atoms with Gasteiger partial charge < -0.3 is 5.32 Å². The Morgan fingerprint density at radius 2 is 2.00 bits per heavy atom. The standard InChI is InChI=1S/C13H21N3S/c17-13(16-15-11-3-1-2-4-11)14-12-8-9-5-6-10(12)7-9/h9-10,12H,1-8H2,(H2,14,16,17)/t9-,10-,12-/m1/s1. The minimum Gasteiger partial charge on any atom is -0.358 e. The van der Waals surface area contributed by atoms with E-state index in [9.17, 15) is 0 Å². The van der Waals surface area contributed by atoms with Crippen molar-refractivity contribution in [1.82, 2.24) is 10.7 Å². The largest absolute Gasteiger partial charge is 0.358 e. The van der Waals surface area contributed by atoms with E-state index in [1.807, 2.05) is 0 Å². The van der Waals surface area contributed by atoms with Gasteiger partial charge in [0.1, 0.15) is 0 Å². The van der Waals surface area contributed by atoms with Gasteiger partial charge in [-0.2, -0.15) is 5.10 Å². The summed E-state index contributed by atoms with van der Waals surface area (Å²) in [5.74, 6) is 1.82. The highest BCUT2D eigenvalue weighted by atomic mass is 32.1.